The van der Waals surface area contributed by atoms with Crippen molar-refractivity contribution in [2.75, 3.05) is 27.2 Å². The molecular formula is C11H25N3. The van der Waals surface area contributed by atoms with Crippen molar-refractivity contribution < 1.29 is 0 Å². The van der Waals surface area contributed by atoms with Gasteiger partial charge in [0.2, 0.25) is 0 Å². The van der Waals surface area contributed by atoms with Crippen molar-refractivity contribution in [1.29, 1.82) is 0 Å². The normalized spacial score (nSPS) is 30.6. The van der Waals surface area contributed by atoms with Crippen LogP contribution in [0.15, 0.2) is 0 Å². The quantitative estimate of drug-likeness (QED) is 0.684. The van der Waals surface area contributed by atoms with Crippen molar-refractivity contribution in [1.82, 2.24) is 15.5 Å². The van der Waals surface area contributed by atoms with Gasteiger partial charge in [-0.3, -0.25) is 4.90 Å². The van der Waals surface area contributed by atoms with E-state index in [9.17, 15) is 0 Å². The van der Waals surface area contributed by atoms with Gasteiger partial charge < -0.3 is 10.6 Å². The van der Waals surface area contributed by atoms with E-state index >= 15 is 0 Å². The summed E-state index contributed by atoms with van der Waals surface area (Å²) in [5.74, 6) is 0. The summed E-state index contributed by atoms with van der Waals surface area (Å²) in [7, 11) is 4.12. The molecule has 0 aliphatic carbocycles. The van der Waals surface area contributed by atoms with Gasteiger partial charge in [-0.1, -0.05) is 0 Å². The first kappa shape index (κ1) is 12.0. The van der Waals surface area contributed by atoms with Gasteiger partial charge in [-0.25, -0.2) is 0 Å². The number of likely N-dealkylation sites (N-methyl/N-ethyl adjacent to an activating group) is 2. The van der Waals surface area contributed by atoms with Gasteiger partial charge >= 0.3 is 0 Å². The second kappa shape index (κ2) is 4.60. The lowest BCUT2D eigenvalue weighted by Gasteiger charge is -2.44. The van der Waals surface area contributed by atoms with Crippen LogP contribution in [-0.2, 0) is 0 Å². The van der Waals surface area contributed by atoms with E-state index in [0.717, 1.165) is 13.1 Å². The highest BCUT2D eigenvalue weighted by atomic mass is 15.2. The maximum atomic E-state index is 3.39. The van der Waals surface area contributed by atoms with Gasteiger partial charge in [-0.2, -0.15) is 0 Å². The SMILES string of the molecule is CNC1CC(NC)CN(C(C)(C)C)C1. The molecule has 0 aromatic rings. The second-order valence-corrected chi connectivity index (χ2v) is 5.28. The topological polar surface area (TPSA) is 27.3 Å². The Morgan fingerprint density at radius 1 is 1.00 bits per heavy atom. The molecule has 3 nitrogen and oxygen atoms in total. The highest BCUT2D eigenvalue weighted by Gasteiger charge is 2.31. The predicted molar refractivity (Wildman–Crippen MR) is 61.6 cm³/mol. The summed E-state index contributed by atoms with van der Waals surface area (Å²) < 4.78 is 0. The number of piperidine rings is 1. The molecule has 1 saturated heterocycles. The first-order valence-corrected chi connectivity index (χ1v) is 5.57. The van der Waals surface area contributed by atoms with E-state index in [0.29, 0.717) is 12.1 Å². The van der Waals surface area contributed by atoms with E-state index in [2.05, 4.69) is 50.4 Å². The van der Waals surface area contributed by atoms with Crippen molar-refractivity contribution in [3.8, 4) is 0 Å². The fourth-order valence-corrected chi connectivity index (χ4v) is 2.07. The van der Waals surface area contributed by atoms with Crippen LogP contribution in [0.25, 0.3) is 0 Å². The van der Waals surface area contributed by atoms with Crippen molar-refractivity contribution in [3.05, 3.63) is 0 Å². The second-order valence-electron chi connectivity index (χ2n) is 5.28. The Morgan fingerprint density at radius 2 is 1.43 bits per heavy atom. The third-order valence-electron chi connectivity index (χ3n) is 3.22. The summed E-state index contributed by atoms with van der Waals surface area (Å²) in [5, 5.41) is 6.78. The van der Waals surface area contributed by atoms with Gasteiger partial charge in [-0.15, -0.1) is 0 Å². The van der Waals surface area contributed by atoms with Crippen LogP contribution in [-0.4, -0.2) is 49.7 Å². The van der Waals surface area contributed by atoms with E-state index in [4.69, 9.17) is 0 Å². The maximum Gasteiger partial charge on any atom is 0.0207 e. The zero-order valence-corrected chi connectivity index (χ0v) is 10.2. The first-order chi connectivity index (χ1) is 6.47. The van der Waals surface area contributed by atoms with Gasteiger partial charge in [-0.05, 0) is 41.3 Å². The van der Waals surface area contributed by atoms with Gasteiger partial charge in [0.25, 0.3) is 0 Å². The lowest BCUT2D eigenvalue weighted by Crippen LogP contribution is -2.59. The van der Waals surface area contributed by atoms with Crippen LogP contribution < -0.4 is 10.6 Å². The summed E-state index contributed by atoms with van der Waals surface area (Å²) in [6.07, 6.45) is 1.24. The molecule has 2 unspecified atom stereocenters. The lowest BCUT2D eigenvalue weighted by molar-refractivity contribution is 0.0749. The van der Waals surface area contributed by atoms with Crippen LogP contribution in [0.3, 0.4) is 0 Å². The fraction of sp³-hybridized carbons (Fsp3) is 1.00. The van der Waals surface area contributed by atoms with Crippen LogP contribution in [0, 0.1) is 0 Å². The number of likely N-dealkylation sites (tertiary alicyclic amines) is 1. The van der Waals surface area contributed by atoms with Gasteiger partial charge in [0, 0.05) is 30.7 Å². The third-order valence-corrected chi connectivity index (χ3v) is 3.22. The zero-order chi connectivity index (χ0) is 10.8. The molecule has 1 aliphatic rings. The molecule has 0 saturated carbocycles. The van der Waals surface area contributed by atoms with E-state index in [-0.39, 0.29) is 5.54 Å². The van der Waals surface area contributed by atoms with Gasteiger partial charge in [0.05, 0.1) is 0 Å². The van der Waals surface area contributed by atoms with Crippen molar-refractivity contribution in [2.45, 2.75) is 44.8 Å². The molecule has 1 rings (SSSR count). The standard InChI is InChI=1S/C11H25N3/c1-11(2,3)14-7-9(12-4)6-10(8-14)13-5/h9-10,12-13H,6-8H2,1-5H3. The molecule has 1 aliphatic heterocycles. The molecule has 0 bridgehead atoms. The monoisotopic (exact) mass is 199 g/mol. The van der Waals surface area contributed by atoms with E-state index in [1.54, 1.807) is 0 Å². The van der Waals surface area contributed by atoms with Gasteiger partial charge in [0.1, 0.15) is 0 Å². The van der Waals surface area contributed by atoms with E-state index in [1.165, 1.54) is 6.42 Å². The van der Waals surface area contributed by atoms with Gasteiger partial charge in [0.15, 0.2) is 0 Å². The highest BCUT2D eigenvalue weighted by molar-refractivity contribution is 4.91. The van der Waals surface area contributed by atoms with Crippen LogP contribution >= 0.6 is 0 Å². The van der Waals surface area contributed by atoms with Crippen molar-refractivity contribution in [3.63, 3.8) is 0 Å². The minimum absolute atomic E-state index is 0.282. The summed E-state index contributed by atoms with van der Waals surface area (Å²) in [6, 6.07) is 1.25. The summed E-state index contributed by atoms with van der Waals surface area (Å²) in [4.78, 5) is 2.55. The summed E-state index contributed by atoms with van der Waals surface area (Å²) >= 11 is 0. The fourth-order valence-electron chi connectivity index (χ4n) is 2.07. The third kappa shape index (κ3) is 2.94. The highest BCUT2D eigenvalue weighted by Crippen LogP contribution is 2.20. The van der Waals surface area contributed by atoms with Crippen molar-refractivity contribution >= 4 is 0 Å². The number of nitrogens with zero attached hydrogens (tertiary/aromatic N) is 1. The number of hydrogen-bond acceptors (Lipinski definition) is 3. The zero-order valence-electron chi connectivity index (χ0n) is 10.2. The van der Waals surface area contributed by atoms with E-state index in [1.807, 2.05) is 0 Å². The Hall–Kier alpha value is -0.120. The Balaban J connectivity index is 2.60. The smallest absolute Gasteiger partial charge is 0.0207 e. The molecular weight excluding hydrogens is 174 g/mol. The minimum Gasteiger partial charge on any atom is -0.316 e. The lowest BCUT2D eigenvalue weighted by atomic mass is 9.95. The molecule has 0 amide bonds. The molecule has 14 heavy (non-hydrogen) atoms. The molecule has 84 valence electrons. The Morgan fingerprint density at radius 3 is 1.71 bits per heavy atom. The molecule has 1 heterocycles. The maximum absolute atomic E-state index is 3.39. The molecule has 0 aromatic carbocycles. The molecule has 0 radical (unpaired) electrons. The minimum atomic E-state index is 0.282. The Labute approximate surface area is 88.2 Å². The molecule has 3 heteroatoms. The number of hydrogen-bond donors (Lipinski definition) is 2. The molecule has 1 fully saturated rings. The Bertz CT molecular complexity index is 162. The van der Waals surface area contributed by atoms with Crippen LogP contribution in [0.2, 0.25) is 0 Å². The van der Waals surface area contributed by atoms with E-state index < -0.39 is 0 Å². The average molecular weight is 199 g/mol. The molecule has 2 atom stereocenters. The van der Waals surface area contributed by atoms with Crippen LogP contribution in [0.4, 0.5) is 0 Å². The molecule has 0 aromatic heterocycles. The number of rotatable bonds is 2. The first-order valence-electron chi connectivity index (χ1n) is 5.57. The number of nitrogens with one attached hydrogen (secondary N) is 2. The van der Waals surface area contributed by atoms with Crippen LogP contribution in [0.1, 0.15) is 27.2 Å². The average Bonchev–Trinajstić information content (AvgIpc) is 2.15. The largest absolute Gasteiger partial charge is 0.316 e. The predicted octanol–water partition coefficient (Wildman–Crippen LogP) is 0.667. The molecule has 2 N–H and O–H groups in total. The summed E-state index contributed by atoms with van der Waals surface area (Å²) in [6.45, 7) is 9.20. The summed E-state index contributed by atoms with van der Waals surface area (Å²) in [5.41, 5.74) is 0.282. The molecule has 0 spiro atoms. The Kier molecular flexibility index (Phi) is 3.93. The van der Waals surface area contributed by atoms with Crippen molar-refractivity contribution in [2.24, 2.45) is 0 Å². The van der Waals surface area contributed by atoms with Crippen LogP contribution in [0.5, 0.6) is 0 Å².